The van der Waals surface area contributed by atoms with Crippen molar-refractivity contribution < 1.29 is 9.47 Å². The van der Waals surface area contributed by atoms with E-state index in [1.54, 1.807) is 0 Å². The Bertz CT molecular complexity index is 307. The first-order valence-corrected chi connectivity index (χ1v) is 9.88. The zero-order valence-electron chi connectivity index (χ0n) is 16.9. The van der Waals surface area contributed by atoms with E-state index in [1.165, 1.54) is 38.5 Å². The molecule has 1 aliphatic carbocycles. The summed E-state index contributed by atoms with van der Waals surface area (Å²) in [6, 6.07) is 0. The van der Waals surface area contributed by atoms with E-state index < -0.39 is 0 Å². The second-order valence-corrected chi connectivity index (χ2v) is 8.71. The Morgan fingerprint density at radius 2 is 1.65 bits per heavy atom. The second kappa shape index (κ2) is 10.0. The molecule has 0 aromatic carbocycles. The van der Waals surface area contributed by atoms with Crippen LogP contribution < -0.4 is 0 Å². The number of hydrogen-bond acceptors (Lipinski definition) is 2. The molecule has 0 aliphatic heterocycles. The van der Waals surface area contributed by atoms with Crippen LogP contribution in [0.5, 0.6) is 0 Å². The molecule has 2 heteroatoms. The Balaban J connectivity index is 3.05. The highest BCUT2D eigenvalue weighted by atomic mass is 16.5. The van der Waals surface area contributed by atoms with Gasteiger partial charge in [0.25, 0.3) is 0 Å². The highest BCUT2D eigenvalue weighted by Gasteiger charge is 2.45. The molecule has 1 fully saturated rings. The molecule has 4 unspecified atom stereocenters. The summed E-state index contributed by atoms with van der Waals surface area (Å²) in [5.41, 5.74) is 0.191. The van der Waals surface area contributed by atoms with Crippen molar-refractivity contribution in [3.63, 3.8) is 0 Å². The van der Waals surface area contributed by atoms with Gasteiger partial charge in [-0.1, -0.05) is 53.9 Å². The summed E-state index contributed by atoms with van der Waals surface area (Å²) in [5.74, 6) is 3.93. The van der Waals surface area contributed by atoms with Crippen molar-refractivity contribution >= 4 is 0 Å². The zero-order valence-corrected chi connectivity index (χ0v) is 16.9. The molecular weight excluding hydrogens is 284 g/mol. The first-order chi connectivity index (χ1) is 10.9. The lowest BCUT2D eigenvalue weighted by atomic mass is 9.58. The van der Waals surface area contributed by atoms with Gasteiger partial charge in [0, 0.05) is 19.6 Å². The van der Waals surface area contributed by atoms with Gasteiger partial charge in [0.05, 0.1) is 13.2 Å². The van der Waals surface area contributed by atoms with E-state index in [1.807, 2.05) is 14.2 Å². The summed E-state index contributed by atoms with van der Waals surface area (Å²) in [5, 5.41) is 0. The van der Waals surface area contributed by atoms with Crippen molar-refractivity contribution in [1.29, 1.82) is 0 Å². The van der Waals surface area contributed by atoms with Crippen LogP contribution in [0.25, 0.3) is 0 Å². The third-order valence-electron chi connectivity index (χ3n) is 6.50. The molecule has 23 heavy (non-hydrogen) atoms. The largest absolute Gasteiger partial charge is 0.384 e. The van der Waals surface area contributed by atoms with Crippen LogP contribution in [0.4, 0.5) is 0 Å². The number of hydrogen-bond donors (Lipinski definition) is 0. The van der Waals surface area contributed by atoms with Gasteiger partial charge in [-0.2, -0.15) is 0 Å². The Morgan fingerprint density at radius 1 is 1.04 bits per heavy atom. The normalized spacial score (nSPS) is 27.4. The highest BCUT2D eigenvalue weighted by molar-refractivity contribution is 4.94. The predicted octanol–water partition coefficient (Wildman–Crippen LogP) is 5.80. The van der Waals surface area contributed by atoms with Crippen molar-refractivity contribution in [3.05, 3.63) is 0 Å². The highest BCUT2D eigenvalue weighted by Crippen LogP contribution is 2.50. The molecule has 138 valence electrons. The predicted molar refractivity (Wildman–Crippen MR) is 99.7 cm³/mol. The fraction of sp³-hybridized carbons (Fsp3) is 1.00. The molecule has 0 amide bonds. The average molecular weight is 327 g/mol. The molecule has 1 rings (SSSR count). The van der Waals surface area contributed by atoms with Crippen molar-refractivity contribution in [2.75, 3.05) is 27.4 Å². The lowest BCUT2D eigenvalue weighted by Gasteiger charge is -2.49. The van der Waals surface area contributed by atoms with E-state index in [0.29, 0.717) is 0 Å². The molecule has 1 saturated carbocycles. The number of rotatable bonds is 10. The van der Waals surface area contributed by atoms with Gasteiger partial charge >= 0.3 is 0 Å². The first kappa shape index (κ1) is 21.0. The quantitative estimate of drug-likeness (QED) is 0.505. The Labute approximate surface area is 145 Å². The van der Waals surface area contributed by atoms with Gasteiger partial charge in [-0.05, 0) is 48.9 Å². The SMILES string of the molecule is CCC(C)CCC(COC)(COC)C1CC(C)CCC1C(C)C. The van der Waals surface area contributed by atoms with E-state index in [9.17, 15) is 0 Å². The monoisotopic (exact) mass is 326 g/mol. The summed E-state index contributed by atoms with van der Waals surface area (Å²) in [6.45, 7) is 13.6. The van der Waals surface area contributed by atoms with Crippen molar-refractivity contribution in [1.82, 2.24) is 0 Å². The van der Waals surface area contributed by atoms with Crippen LogP contribution in [0.3, 0.4) is 0 Å². The molecule has 4 atom stereocenters. The van der Waals surface area contributed by atoms with Gasteiger partial charge in [0.15, 0.2) is 0 Å². The standard InChI is InChI=1S/C21H42O2/c1-8-17(4)11-12-21(14-22-6,15-23-7)20-13-18(5)9-10-19(20)16(2)3/h16-20H,8-15H2,1-7H3. The minimum absolute atomic E-state index is 0.191. The molecule has 0 spiro atoms. The summed E-state index contributed by atoms with van der Waals surface area (Å²) in [4.78, 5) is 0. The third-order valence-corrected chi connectivity index (χ3v) is 6.50. The van der Waals surface area contributed by atoms with Crippen LogP contribution in [0.2, 0.25) is 0 Å². The molecule has 2 nitrogen and oxygen atoms in total. The van der Waals surface area contributed by atoms with Crippen LogP contribution in [-0.2, 0) is 9.47 Å². The second-order valence-electron chi connectivity index (χ2n) is 8.71. The van der Waals surface area contributed by atoms with Gasteiger partial charge in [0.2, 0.25) is 0 Å². The molecule has 0 N–H and O–H groups in total. The minimum atomic E-state index is 0.191. The van der Waals surface area contributed by atoms with Crippen molar-refractivity contribution in [3.8, 4) is 0 Å². The topological polar surface area (TPSA) is 18.5 Å². The van der Waals surface area contributed by atoms with Gasteiger partial charge < -0.3 is 9.47 Å². The maximum atomic E-state index is 5.76. The lowest BCUT2D eigenvalue weighted by Crippen LogP contribution is -2.46. The average Bonchev–Trinajstić information content (AvgIpc) is 2.52. The molecule has 0 aromatic heterocycles. The third kappa shape index (κ3) is 5.74. The van der Waals surface area contributed by atoms with E-state index >= 15 is 0 Å². The van der Waals surface area contributed by atoms with Crippen LogP contribution in [0.1, 0.15) is 73.1 Å². The summed E-state index contributed by atoms with van der Waals surface area (Å²) < 4.78 is 11.5. The number of methoxy groups -OCH3 is 2. The Morgan fingerprint density at radius 3 is 2.13 bits per heavy atom. The molecule has 0 aromatic rings. The summed E-state index contributed by atoms with van der Waals surface area (Å²) in [7, 11) is 3.73. The Kier molecular flexibility index (Phi) is 9.15. The first-order valence-electron chi connectivity index (χ1n) is 9.88. The van der Waals surface area contributed by atoms with E-state index in [4.69, 9.17) is 9.47 Å². The minimum Gasteiger partial charge on any atom is -0.384 e. The molecule has 0 radical (unpaired) electrons. The van der Waals surface area contributed by atoms with Crippen LogP contribution in [0.15, 0.2) is 0 Å². The fourth-order valence-corrected chi connectivity index (χ4v) is 4.80. The summed E-state index contributed by atoms with van der Waals surface area (Å²) >= 11 is 0. The smallest absolute Gasteiger partial charge is 0.0543 e. The maximum Gasteiger partial charge on any atom is 0.0543 e. The van der Waals surface area contributed by atoms with E-state index in [-0.39, 0.29) is 5.41 Å². The van der Waals surface area contributed by atoms with E-state index in [0.717, 1.165) is 42.8 Å². The van der Waals surface area contributed by atoms with Gasteiger partial charge in [-0.3, -0.25) is 0 Å². The molecule has 0 bridgehead atoms. The molecular formula is C21H42O2. The maximum absolute atomic E-state index is 5.76. The van der Waals surface area contributed by atoms with Crippen molar-refractivity contribution in [2.24, 2.45) is 35.0 Å². The van der Waals surface area contributed by atoms with Crippen molar-refractivity contribution in [2.45, 2.75) is 73.1 Å². The fourth-order valence-electron chi connectivity index (χ4n) is 4.80. The summed E-state index contributed by atoms with van der Waals surface area (Å²) in [6.07, 6.45) is 7.91. The Hall–Kier alpha value is -0.0800. The van der Waals surface area contributed by atoms with Crippen LogP contribution >= 0.6 is 0 Å². The van der Waals surface area contributed by atoms with Gasteiger partial charge in [-0.15, -0.1) is 0 Å². The molecule has 0 saturated heterocycles. The van der Waals surface area contributed by atoms with E-state index in [2.05, 4.69) is 34.6 Å². The molecule has 1 aliphatic rings. The number of ether oxygens (including phenoxy) is 2. The van der Waals surface area contributed by atoms with Gasteiger partial charge in [0.1, 0.15) is 0 Å². The molecule has 0 heterocycles. The van der Waals surface area contributed by atoms with Crippen LogP contribution in [-0.4, -0.2) is 27.4 Å². The zero-order chi connectivity index (χ0) is 17.5. The van der Waals surface area contributed by atoms with Gasteiger partial charge in [-0.25, -0.2) is 0 Å². The van der Waals surface area contributed by atoms with Crippen LogP contribution in [0, 0.1) is 35.0 Å². The lowest BCUT2D eigenvalue weighted by molar-refractivity contribution is -0.0823.